The highest BCUT2D eigenvalue weighted by Crippen LogP contribution is 2.22. The van der Waals surface area contributed by atoms with Crippen molar-refractivity contribution in [3.05, 3.63) is 78.4 Å². The first-order valence-corrected chi connectivity index (χ1v) is 6.25. The number of hydrogen-bond acceptors (Lipinski definition) is 2. The van der Waals surface area contributed by atoms with E-state index in [1.807, 2.05) is 60.7 Å². The van der Waals surface area contributed by atoms with E-state index in [0.29, 0.717) is 6.61 Å². The minimum atomic E-state index is -0.105. The summed E-state index contributed by atoms with van der Waals surface area (Å²) in [5, 5.41) is 0. The largest absolute Gasteiger partial charge is 0.497 e. The molecule has 19 heavy (non-hydrogen) atoms. The van der Waals surface area contributed by atoms with E-state index in [4.69, 9.17) is 9.47 Å². The van der Waals surface area contributed by atoms with Gasteiger partial charge in [0.2, 0.25) is 0 Å². The van der Waals surface area contributed by atoms with E-state index in [2.05, 4.69) is 6.58 Å². The molecule has 0 aromatic heterocycles. The first-order valence-electron chi connectivity index (χ1n) is 6.25. The van der Waals surface area contributed by atoms with Gasteiger partial charge in [0.15, 0.2) is 0 Å². The average Bonchev–Trinajstić information content (AvgIpc) is 2.49. The summed E-state index contributed by atoms with van der Waals surface area (Å²) in [6.45, 7) is 4.41. The second kappa shape index (κ2) is 6.76. The van der Waals surface area contributed by atoms with Gasteiger partial charge in [-0.3, -0.25) is 0 Å². The summed E-state index contributed by atoms with van der Waals surface area (Å²) in [7, 11) is 1.66. The van der Waals surface area contributed by atoms with Gasteiger partial charge >= 0.3 is 0 Å². The van der Waals surface area contributed by atoms with Gasteiger partial charge in [-0.05, 0) is 23.3 Å². The average molecular weight is 254 g/mol. The molecule has 0 saturated carbocycles. The van der Waals surface area contributed by atoms with Gasteiger partial charge in [-0.1, -0.05) is 48.5 Å². The van der Waals surface area contributed by atoms with Crippen molar-refractivity contribution in [2.75, 3.05) is 7.11 Å². The van der Waals surface area contributed by atoms with Crippen LogP contribution >= 0.6 is 0 Å². The first-order chi connectivity index (χ1) is 9.33. The van der Waals surface area contributed by atoms with Crippen molar-refractivity contribution in [2.45, 2.75) is 12.7 Å². The number of benzene rings is 2. The van der Waals surface area contributed by atoms with Crippen molar-refractivity contribution in [3.8, 4) is 5.75 Å². The molecule has 98 valence electrons. The van der Waals surface area contributed by atoms with Gasteiger partial charge in [0.25, 0.3) is 0 Å². The first kappa shape index (κ1) is 13.4. The van der Waals surface area contributed by atoms with Crippen LogP contribution < -0.4 is 4.74 Å². The maximum atomic E-state index is 5.88. The fourth-order valence-corrected chi connectivity index (χ4v) is 1.85. The van der Waals surface area contributed by atoms with Crippen LogP contribution in [0, 0.1) is 0 Å². The highest BCUT2D eigenvalue weighted by molar-refractivity contribution is 5.30. The zero-order valence-electron chi connectivity index (χ0n) is 11.1. The Balaban J connectivity index is 2.01. The fourth-order valence-electron chi connectivity index (χ4n) is 1.85. The number of rotatable bonds is 6. The monoisotopic (exact) mass is 254 g/mol. The molecule has 0 N–H and O–H groups in total. The van der Waals surface area contributed by atoms with E-state index in [-0.39, 0.29) is 6.10 Å². The van der Waals surface area contributed by atoms with E-state index in [0.717, 1.165) is 16.9 Å². The maximum Gasteiger partial charge on any atom is 0.118 e. The van der Waals surface area contributed by atoms with Crippen molar-refractivity contribution < 1.29 is 9.47 Å². The van der Waals surface area contributed by atoms with Crippen molar-refractivity contribution >= 4 is 0 Å². The van der Waals surface area contributed by atoms with Gasteiger partial charge < -0.3 is 9.47 Å². The molecular formula is C17H18O2. The minimum Gasteiger partial charge on any atom is -0.497 e. The lowest BCUT2D eigenvalue weighted by Gasteiger charge is -2.15. The fraction of sp³-hybridized carbons (Fsp3) is 0.176. The quantitative estimate of drug-likeness (QED) is 0.721. The van der Waals surface area contributed by atoms with Crippen LogP contribution in [0.15, 0.2) is 67.3 Å². The van der Waals surface area contributed by atoms with Gasteiger partial charge in [-0.15, -0.1) is 6.58 Å². The second-order valence-corrected chi connectivity index (χ2v) is 4.23. The topological polar surface area (TPSA) is 18.5 Å². The standard InChI is InChI=1S/C17H18O2/c1-3-17(15-9-11-16(18-2)12-10-15)19-13-14-7-5-4-6-8-14/h3-12,17H,1,13H2,2H3/t17-/m1/s1. The van der Waals surface area contributed by atoms with E-state index in [1.165, 1.54) is 0 Å². The predicted octanol–water partition coefficient (Wildman–Crippen LogP) is 4.14. The van der Waals surface area contributed by atoms with E-state index >= 15 is 0 Å². The Kier molecular flexibility index (Phi) is 4.76. The molecule has 2 rings (SSSR count). The lowest BCUT2D eigenvalue weighted by atomic mass is 10.1. The van der Waals surface area contributed by atoms with E-state index < -0.39 is 0 Å². The molecule has 0 fully saturated rings. The Morgan fingerprint density at radius 2 is 1.74 bits per heavy atom. The Bertz CT molecular complexity index is 503. The van der Waals surface area contributed by atoms with Crippen molar-refractivity contribution in [1.29, 1.82) is 0 Å². The minimum absolute atomic E-state index is 0.105. The van der Waals surface area contributed by atoms with Crippen molar-refractivity contribution in [1.82, 2.24) is 0 Å². The van der Waals surface area contributed by atoms with Gasteiger partial charge in [0.1, 0.15) is 11.9 Å². The molecule has 0 spiro atoms. The molecule has 0 aliphatic carbocycles. The Labute approximate surface area is 114 Å². The summed E-state index contributed by atoms with van der Waals surface area (Å²) in [6, 6.07) is 18.0. The number of ether oxygens (including phenoxy) is 2. The molecule has 0 amide bonds. The van der Waals surface area contributed by atoms with Crippen LogP contribution in [-0.2, 0) is 11.3 Å². The van der Waals surface area contributed by atoms with Crippen molar-refractivity contribution in [2.24, 2.45) is 0 Å². The molecule has 0 bridgehead atoms. The van der Waals surface area contributed by atoms with Crippen LogP contribution in [0.1, 0.15) is 17.2 Å². The summed E-state index contributed by atoms with van der Waals surface area (Å²) < 4.78 is 11.0. The molecule has 0 unspecified atom stereocenters. The molecule has 0 aliphatic heterocycles. The summed E-state index contributed by atoms with van der Waals surface area (Å²) in [4.78, 5) is 0. The van der Waals surface area contributed by atoms with Gasteiger partial charge in [-0.25, -0.2) is 0 Å². The molecule has 0 aliphatic rings. The van der Waals surface area contributed by atoms with Crippen LogP contribution in [0.5, 0.6) is 5.75 Å². The molecule has 2 aromatic rings. The summed E-state index contributed by atoms with van der Waals surface area (Å²) >= 11 is 0. The molecule has 0 heterocycles. The Morgan fingerprint density at radius 3 is 2.32 bits per heavy atom. The van der Waals surface area contributed by atoms with Crippen LogP contribution in [0.25, 0.3) is 0 Å². The van der Waals surface area contributed by atoms with Gasteiger partial charge in [-0.2, -0.15) is 0 Å². The molecule has 2 aromatic carbocycles. The Morgan fingerprint density at radius 1 is 1.05 bits per heavy atom. The van der Waals surface area contributed by atoms with Gasteiger partial charge in [0.05, 0.1) is 13.7 Å². The normalized spacial score (nSPS) is 11.8. The van der Waals surface area contributed by atoms with Crippen LogP contribution in [0.2, 0.25) is 0 Å². The molecule has 2 nitrogen and oxygen atoms in total. The third-order valence-electron chi connectivity index (χ3n) is 2.93. The SMILES string of the molecule is C=C[C@@H](OCc1ccccc1)c1ccc(OC)cc1. The lowest BCUT2D eigenvalue weighted by Crippen LogP contribution is -2.01. The number of methoxy groups -OCH3 is 1. The lowest BCUT2D eigenvalue weighted by molar-refractivity contribution is 0.0720. The summed E-state index contributed by atoms with van der Waals surface area (Å²) in [5.41, 5.74) is 2.23. The van der Waals surface area contributed by atoms with E-state index in [9.17, 15) is 0 Å². The Hall–Kier alpha value is -2.06. The summed E-state index contributed by atoms with van der Waals surface area (Å²) in [5.74, 6) is 0.842. The maximum absolute atomic E-state index is 5.88. The smallest absolute Gasteiger partial charge is 0.118 e. The van der Waals surface area contributed by atoms with Crippen LogP contribution in [-0.4, -0.2) is 7.11 Å². The highest BCUT2D eigenvalue weighted by atomic mass is 16.5. The third kappa shape index (κ3) is 3.70. The van der Waals surface area contributed by atoms with Gasteiger partial charge in [0, 0.05) is 0 Å². The third-order valence-corrected chi connectivity index (χ3v) is 2.93. The predicted molar refractivity (Wildman–Crippen MR) is 77.2 cm³/mol. The number of hydrogen-bond donors (Lipinski definition) is 0. The van der Waals surface area contributed by atoms with Crippen LogP contribution in [0.4, 0.5) is 0 Å². The van der Waals surface area contributed by atoms with E-state index in [1.54, 1.807) is 7.11 Å². The zero-order chi connectivity index (χ0) is 13.5. The molecular weight excluding hydrogens is 236 g/mol. The highest BCUT2D eigenvalue weighted by Gasteiger charge is 2.08. The zero-order valence-corrected chi connectivity index (χ0v) is 11.1. The molecule has 0 radical (unpaired) electrons. The molecule has 1 atom stereocenters. The molecule has 0 saturated heterocycles. The summed E-state index contributed by atoms with van der Waals surface area (Å²) in [6.07, 6.45) is 1.70. The van der Waals surface area contributed by atoms with Crippen LogP contribution in [0.3, 0.4) is 0 Å². The second-order valence-electron chi connectivity index (χ2n) is 4.23. The van der Waals surface area contributed by atoms with Crippen molar-refractivity contribution in [3.63, 3.8) is 0 Å². The molecule has 2 heteroatoms.